The molecule has 1 amide bonds. The van der Waals surface area contributed by atoms with Crippen molar-refractivity contribution < 1.29 is 14.3 Å². The molecule has 1 saturated heterocycles. The average molecular weight is 596 g/mol. The third kappa shape index (κ3) is 5.35. The monoisotopic (exact) mass is 595 g/mol. The number of carbonyl (C=O) groups is 2. The first kappa shape index (κ1) is 28.9. The van der Waals surface area contributed by atoms with E-state index in [1.54, 1.807) is 24.3 Å². The summed E-state index contributed by atoms with van der Waals surface area (Å²) in [6, 6.07) is 26.5. The van der Waals surface area contributed by atoms with E-state index in [0.29, 0.717) is 17.0 Å². The van der Waals surface area contributed by atoms with E-state index in [9.17, 15) is 9.59 Å². The van der Waals surface area contributed by atoms with Gasteiger partial charge in [0.25, 0.3) is 0 Å². The second-order valence-corrected chi connectivity index (χ2v) is 15.6. The molecule has 1 fully saturated rings. The maximum atomic E-state index is 12.9. The van der Waals surface area contributed by atoms with Crippen LogP contribution < -0.4 is 10.1 Å². The van der Waals surface area contributed by atoms with E-state index in [0.717, 1.165) is 22.3 Å². The standard InChI is InChI=1S/C36H37NO3S2/c1-23(38)37-29-11-13-30(14-12-29)40-33(39)26-7-6-25-21-27(9-8-24(25)20-26)36(41-18-19-42-36)28-10-15-31-32(22-28)35(4,5)17-16-34(31,2)3/h6-15,20-22H,16-19H2,1-5H3,(H,37,38). The zero-order valence-electron chi connectivity index (χ0n) is 24.9. The Morgan fingerprint density at radius 1 is 0.714 bits per heavy atom. The van der Waals surface area contributed by atoms with Gasteiger partial charge in [-0.1, -0.05) is 64.1 Å². The van der Waals surface area contributed by atoms with Gasteiger partial charge in [-0.2, -0.15) is 0 Å². The van der Waals surface area contributed by atoms with Crippen LogP contribution in [0.5, 0.6) is 5.75 Å². The number of thioether (sulfide) groups is 2. The van der Waals surface area contributed by atoms with Gasteiger partial charge in [0.1, 0.15) is 9.83 Å². The highest BCUT2D eigenvalue weighted by Crippen LogP contribution is 2.58. The first-order valence-electron chi connectivity index (χ1n) is 14.5. The zero-order chi connectivity index (χ0) is 29.7. The summed E-state index contributed by atoms with van der Waals surface area (Å²) in [5.41, 5.74) is 7.18. The van der Waals surface area contributed by atoms with Crippen LogP contribution in [0, 0.1) is 0 Å². The Morgan fingerprint density at radius 3 is 2.00 bits per heavy atom. The van der Waals surface area contributed by atoms with Gasteiger partial charge >= 0.3 is 5.97 Å². The summed E-state index contributed by atoms with van der Waals surface area (Å²) in [5.74, 6) is 2.10. The van der Waals surface area contributed by atoms with E-state index in [4.69, 9.17) is 4.74 Å². The number of nitrogens with one attached hydrogen (secondary N) is 1. The summed E-state index contributed by atoms with van der Waals surface area (Å²) < 4.78 is 5.46. The minimum Gasteiger partial charge on any atom is -0.423 e. The lowest BCUT2D eigenvalue weighted by atomic mass is 9.63. The number of amides is 1. The van der Waals surface area contributed by atoms with Crippen LogP contribution in [-0.4, -0.2) is 23.4 Å². The molecule has 1 aliphatic carbocycles. The van der Waals surface area contributed by atoms with Crippen LogP contribution in [-0.2, 0) is 19.7 Å². The van der Waals surface area contributed by atoms with E-state index < -0.39 is 5.97 Å². The number of ether oxygens (including phenoxy) is 1. The van der Waals surface area contributed by atoms with E-state index in [1.807, 2.05) is 41.7 Å². The number of hydrogen-bond acceptors (Lipinski definition) is 5. The maximum Gasteiger partial charge on any atom is 0.343 e. The number of anilines is 1. The zero-order valence-corrected chi connectivity index (χ0v) is 26.5. The van der Waals surface area contributed by atoms with Crippen LogP contribution in [0.1, 0.15) is 80.1 Å². The van der Waals surface area contributed by atoms with Gasteiger partial charge in [0.05, 0.1) is 5.56 Å². The van der Waals surface area contributed by atoms with Crippen molar-refractivity contribution in [2.45, 2.75) is 62.4 Å². The Morgan fingerprint density at radius 2 is 1.31 bits per heavy atom. The second kappa shape index (κ2) is 10.8. The summed E-state index contributed by atoms with van der Waals surface area (Å²) in [5, 5.41) is 4.82. The van der Waals surface area contributed by atoms with Crippen LogP contribution >= 0.6 is 23.5 Å². The van der Waals surface area contributed by atoms with Gasteiger partial charge in [-0.3, -0.25) is 4.79 Å². The lowest BCUT2D eigenvalue weighted by Crippen LogP contribution is -2.34. The molecule has 0 bridgehead atoms. The van der Waals surface area contributed by atoms with Crippen molar-refractivity contribution in [3.05, 3.63) is 107 Å². The molecule has 4 aromatic rings. The van der Waals surface area contributed by atoms with Crippen molar-refractivity contribution in [2.24, 2.45) is 0 Å². The predicted octanol–water partition coefficient (Wildman–Crippen LogP) is 9.05. The van der Waals surface area contributed by atoms with Crippen LogP contribution in [0.2, 0.25) is 0 Å². The van der Waals surface area contributed by atoms with Crippen LogP contribution in [0.4, 0.5) is 5.69 Å². The first-order chi connectivity index (χ1) is 20.0. The molecule has 0 atom stereocenters. The minimum absolute atomic E-state index is 0.147. The smallest absolute Gasteiger partial charge is 0.343 e. The van der Waals surface area contributed by atoms with Gasteiger partial charge in [0, 0.05) is 24.1 Å². The fraction of sp³-hybridized carbons (Fsp3) is 0.333. The van der Waals surface area contributed by atoms with Gasteiger partial charge in [-0.05, 0) is 99.2 Å². The van der Waals surface area contributed by atoms with Gasteiger partial charge in [-0.25, -0.2) is 4.79 Å². The Kier molecular flexibility index (Phi) is 7.43. The summed E-state index contributed by atoms with van der Waals surface area (Å²) >= 11 is 4.07. The third-order valence-corrected chi connectivity index (χ3v) is 12.3. The molecule has 1 aliphatic heterocycles. The predicted molar refractivity (Wildman–Crippen MR) is 177 cm³/mol. The molecule has 4 aromatic carbocycles. The maximum absolute atomic E-state index is 12.9. The molecule has 0 aromatic heterocycles. The van der Waals surface area contributed by atoms with Crippen molar-refractivity contribution in [3.63, 3.8) is 0 Å². The Labute approximate surface area is 257 Å². The van der Waals surface area contributed by atoms with Crippen molar-refractivity contribution in [1.29, 1.82) is 0 Å². The van der Waals surface area contributed by atoms with E-state index in [-0.39, 0.29) is 20.8 Å². The SMILES string of the molecule is CC(=O)Nc1ccc(OC(=O)c2ccc3cc(C4(c5ccc6c(c5)C(C)(C)CCC6(C)C)SCCS4)ccc3c2)cc1. The highest BCUT2D eigenvalue weighted by atomic mass is 32.2. The third-order valence-electron chi connectivity index (χ3n) is 8.77. The molecule has 1 N–H and O–H groups in total. The van der Waals surface area contributed by atoms with Crippen molar-refractivity contribution in [1.82, 2.24) is 0 Å². The minimum atomic E-state index is -0.411. The first-order valence-corrected chi connectivity index (χ1v) is 16.5. The topological polar surface area (TPSA) is 55.4 Å². The fourth-order valence-electron chi connectivity index (χ4n) is 6.26. The fourth-order valence-corrected chi connectivity index (χ4v) is 9.51. The molecular weight excluding hydrogens is 559 g/mol. The lowest BCUT2D eigenvalue weighted by molar-refractivity contribution is -0.114. The molecule has 6 heteroatoms. The summed E-state index contributed by atoms with van der Waals surface area (Å²) in [7, 11) is 0. The molecular formula is C36H37NO3S2. The van der Waals surface area contributed by atoms with Gasteiger partial charge < -0.3 is 10.1 Å². The Hall–Kier alpha value is -3.22. The number of benzene rings is 4. The molecule has 216 valence electrons. The van der Waals surface area contributed by atoms with Gasteiger partial charge in [-0.15, -0.1) is 23.5 Å². The highest BCUT2D eigenvalue weighted by molar-refractivity contribution is 8.20. The van der Waals surface area contributed by atoms with Gasteiger partial charge in [0.2, 0.25) is 5.91 Å². The summed E-state index contributed by atoms with van der Waals surface area (Å²) in [4.78, 5) is 24.2. The summed E-state index contributed by atoms with van der Waals surface area (Å²) in [6.07, 6.45) is 2.42. The Balaban J connectivity index is 1.30. The number of esters is 1. The number of hydrogen-bond donors (Lipinski definition) is 1. The second-order valence-electron chi connectivity index (χ2n) is 12.7. The van der Waals surface area contributed by atoms with E-state index in [2.05, 4.69) is 69.4 Å². The molecule has 42 heavy (non-hydrogen) atoms. The van der Waals surface area contributed by atoms with E-state index in [1.165, 1.54) is 42.0 Å². The molecule has 1 heterocycles. The quantitative estimate of drug-likeness (QED) is 0.184. The molecule has 0 radical (unpaired) electrons. The lowest BCUT2D eigenvalue weighted by Gasteiger charge is -2.43. The number of carbonyl (C=O) groups excluding carboxylic acids is 2. The molecule has 2 aliphatic rings. The number of rotatable bonds is 5. The van der Waals surface area contributed by atoms with Gasteiger partial charge in [0.15, 0.2) is 0 Å². The molecule has 0 spiro atoms. The van der Waals surface area contributed by atoms with Crippen molar-refractivity contribution in [2.75, 3.05) is 16.8 Å². The summed E-state index contributed by atoms with van der Waals surface area (Å²) in [6.45, 7) is 11.0. The van der Waals surface area contributed by atoms with Crippen molar-refractivity contribution >= 4 is 51.9 Å². The largest absolute Gasteiger partial charge is 0.423 e. The van der Waals surface area contributed by atoms with Crippen LogP contribution in [0.15, 0.2) is 78.9 Å². The van der Waals surface area contributed by atoms with Crippen LogP contribution in [0.3, 0.4) is 0 Å². The normalized spacial score (nSPS) is 18.3. The molecule has 4 nitrogen and oxygen atoms in total. The molecule has 0 saturated carbocycles. The van der Waals surface area contributed by atoms with E-state index >= 15 is 0 Å². The molecule has 6 rings (SSSR count). The average Bonchev–Trinajstić information content (AvgIpc) is 3.47. The van der Waals surface area contributed by atoms with Crippen molar-refractivity contribution in [3.8, 4) is 5.75 Å². The number of fused-ring (bicyclic) bond motifs is 2. The van der Waals surface area contributed by atoms with Crippen LogP contribution in [0.25, 0.3) is 10.8 Å². The molecule has 0 unspecified atom stereocenters. The Bertz CT molecular complexity index is 1680. The highest BCUT2D eigenvalue weighted by Gasteiger charge is 2.43.